The number of nitrogens with one attached hydrogen (secondary N) is 1. The molecule has 1 N–H and O–H groups in total. The van der Waals surface area contributed by atoms with Crippen molar-refractivity contribution < 1.29 is 13.2 Å². The lowest BCUT2D eigenvalue weighted by Crippen LogP contribution is -2.43. The highest BCUT2D eigenvalue weighted by atomic mass is 79.9. The topological polar surface area (TPSA) is 79.4 Å². The fourth-order valence-electron chi connectivity index (χ4n) is 2.91. The van der Waals surface area contributed by atoms with Gasteiger partial charge in [-0.05, 0) is 60.0 Å². The predicted molar refractivity (Wildman–Crippen MR) is 103 cm³/mol. The Hall–Kier alpha value is -1.77. The zero-order chi connectivity index (χ0) is 18.7. The van der Waals surface area contributed by atoms with Crippen molar-refractivity contribution in [1.29, 1.82) is 0 Å². The van der Waals surface area contributed by atoms with Crippen molar-refractivity contribution in [2.75, 3.05) is 18.4 Å². The van der Waals surface area contributed by atoms with Crippen LogP contribution in [0.25, 0.3) is 0 Å². The van der Waals surface area contributed by atoms with Gasteiger partial charge in [-0.3, -0.25) is 4.79 Å². The molecule has 138 valence electrons. The Bertz CT molecular complexity index is 883. The lowest BCUT2D eigenvalue weighted by atomic mass is 9.99. The maximum absolute atomic E-state index is 12.8. The molecule has 0 aliphatic carbocycles. The SMILES string of the molecule is Cc1ccc(S(=O)(=O)N2CCCC(C(=O)Nc3ccc(Br)cn3)C2)cc1. The zero-order valence-electron chi connectivity index (χ0n) is 14.4. The third-order valence-electron chi connectivity index (χ3n) is 4.39. The van der Waals surface area contributed by atoms with Crippen LogP contribution in [-0.4, -0.2) is 36.7 Å². The summed E-state index contributed by atoms with van der Waals surface area (Å²) in [5, 5.41) is 2.77. The Morgan fingerprint density at radius 3 is 2.62 bits per heavy atom. The van der Waals surface area contributed by atoms with Gasteiger partial charge in [0.2, 0.25) is 15.9 Å². The third kappa shape index (κ3) is 4.31. The summed E-state index contributed by atoms with van der Waals surface area (Å²) in [7, 11) is -3.59. The van der Waals surface area contributed by atoms with Crippen LogP contribution in [0.15, 0.2) is 52.0 Å². The number of carbonyl (C=O) groups excluding carboxylic acids is 1. The monoisotopic (exact) mass is 437 g/mol. The molecule has 1 amide bonds. The molecule has 1 aliphatic rings. The normalized spacial score (nSPS) is 18.5. The molecule has 1 atom stereocenters. The van der Waals surface area contributed by atoms with Crippen LogP contribution < -0.4 is 5.32 Å². The van der Waals surface area contributed by atoms with Crippen molar-refractivity contribution in [3.63, 3.8) is 0 Å². The van der Waals surface area contributed by atoms with Gasteiger partial charge in [0, 0.05) is 23.8 Å². The van der Waals surface area contributed by atoms with Gasteiger partial charge in [-0.2, -0.15) is 4.31 Å². The highest BCUT2D eigenvalue weighted by molar-refractivity contribution is 9.10. The molecule has 3 rings (SSSR count). The van der Waals surface area contributed by atoms with Crippen LogP contribution >= 0.6 is 15.9 Å². The smallest absolute Gasteiger partial charge is 0.243 e. The molecule has 26 heavy (non-hydrogen) atoms. The van der Waals surface area contributed by atoms with Crippen molar-refractivity contribution in [2.45, 2.75) is 24.7 Å². The minimum atomic E-state index is -3.59. The number of benzene rings is 1. The predicted octanol–water partition coefficient (Wildman–Crippen LogP) is 3.19. The molecular formula is C18H20BrN3O3S. The van der Waals surface area contributed by atoms with Crippen molar-refractivity contribution in [1.82, 2.24) is 9.29 Å². The number of sulfonamides is 1. The van der Waals surface area contributed by atoms with E-state index in [9.17, 15) is 13.2 Å². The number of anilines is 1. The number of aromatic nitrogens is 1. The first kappa shape index (κ1) is 19.0. The van der Waals surface area contributed by atoms with E-state index in [1.807, 2.05) is 6.92 Å². The summed E-state index contributed by atoms with van der Waals surface area (Å²) in [5.74, 6) is -0.144. The molecule has 1 fully saturated rings. The Morgan fingerprint density at radius 2 is 1.96 bits per heavy atom. The molecule has 0 radical (unpaired) electrons. The molecule has 1 aromatic heterocycles. The summed E-state index contributed by atoms with van der Waals surface area (Å²) < 4.78 is 27.9. The molecule has 0 bridgehead atoms. The number of carbonyl (C=O) groups is 1. The summed E-state index contributed by atoms with van der Waals surface area (Å²) in [6.07, 6.45) is 2.91. The number of aryl methyl sites for hydroxylation is 1. The van der Waals surface area contributed by atoms with Crippen molar-refractivity contribution in [3.05, 3.63) is 52.6 Å². The Labute approximate surface area is 161 Å². The van der Waals surface area contributed by atoms with Gasteiger partial charge in [0.1, 0.15) is 5.82 Å². The summed E-state index contributed by atoms with van der Waals surface area (Å²) >= 11 is 3.30. The first-order chi connectivity index (χ1) is 12.4. The van der Waals surface area contributed by atoms with E-state index >= 15 is 0 Å². The molecule has 2 heterocycles. The molecule has 8 heteroatoms. The minimum Gasteiger partial charge on any atom is -0.310 e. The van der Waals surface area contributed by atoms with Crippen LogP contribution in [0.4, 0.5) is 5.82 Å². The molecule has 1 aliphatic heterocycles. The van der Waals surface area contributed by atoms with E-state index in [0.29, 0.717) is 25.2 Å². The molecule has 0 spiro atoms. The standard InChI is InChI=1S/C18H20BrN3O3S/c1-13-4-7-16(8-5-13)26(24,25)22-10-2-3-14(12-22)18(23)21-17-9-6-15(19)11-20-17/h4-9,11,14H,2-3,10,12H2,1H3,(H,20,21,23). The zero-order valence-corrected chi connectivity index (χ0v) is 16.8. The Balaban J connectivity index is 1.71. The van der Waals surface area contributed by atoms with Gasteiger partial charge in [0.05, 0.1) is 10.8 Å². The van der Waals surface area contributed by atoms with Crippen LogP contribution in [0, 0.1) is 12.8 Å². The van der Waals surface area contributed by atoms with Gasteiger partial charge < -0.3 is 5.32 Å². The van der Waals surface area contributed by atoms with Gasteiger partial charge in [0.15, 0.2) is 0 Å². The summed E-state index contributed by atoms with van der Waals surface area (Å²) in [5.41, 5.74) is 1.00. The van der Waals surface area contributed by atoms with E-state index in [0.717, 1.165) is 10.0 Å². The van der Waals surface area contributed by atoms with E-state index in [1.165, 1.54) is 4.31 Å². The molecule has 6 nitrogen and oxygen atoms in total. The molecule has 1 unspecified atom stereocenters. The lowest BCUT2D eigenvalue weighted by molar-refractivity contribution is -0.120. The molecule has 2 aromatic rings. The van der Waals surface area contributed by atoms with E-state index < -0.39 is 15.9 Å². The fraction of sp³-hybridized carbons (Fsp3) is 0.333. The quantitative estimate of drug-likeness (QED) is 0.796. The molecule has 0 saturated carbocycles. The third-order valence-corrected chi connectivity index (χ3v) is 6.74. The highest BCUT2D eigenvalue weighted by Gasteiger charge is 2.33. The second-order valence-corrected chi connectivity index (χ2v) is 9.22. The molecule has 1 saturated heterocycles. The highest BCUT2D eigenvalue weighted by Crippen LogP contribution is 2.25. The first-order valence-corrected chi connectivity index (χ1v) is 10.6. The number of nitrogens with zero attached hydrogens (tertiary/aromatic N) is 2. The largest absolute Gasteiger partial charge is 0.310 e. The molecular weight excluding hydrogens is 418 g/mol. The Morgan fingerprint density at radius 1 is 1.23 bits per heavy atom. The summed E-state index contributed by atoms with van der Waals surface area (Å²) in [6, 6.07) is 10.3. The van der Waals surface area contributed by atoms with Crippen LogP contribution in [0.2, 0.25) is 0 Å². The number of hydrogen-bond acceptors (Lipinski definition) is 4. The van der Waals surface area contributed by atoms with Crippen molar-refractivity contribution in [2.24, 2.45) is 5.92 Å². The van der Waals surface area contributed by atoms with Crippen LogP contribution in [0.5, 0.6) is 0 Å². The average molecular weight is 438 g/mol. The number of hydrogen-bond donors (Lipinski definition) is 1. The van der Waals surface area contributed by atoms with Crippen molar-refractivity contribution in [3.8, 4) is 0 Å². The summed E-state index contributed by atoms with van der Waals surface area (Å²) in [4.78, 5) is 16.9. The van der Waals surface area contributed by atoms with Gasteiger partial charge in [-0.25, -0.2) is 13.4 Å². The Kier molecular flexibility index (Phi) is 5.74. The fourth-order valence-corrected chi connectivity index (χ4v) is 4.67. The van der Waals surface area contributed by atoms with E-state index in [1.54, 1.807) is 42.6 Å². The number of rotatable bonds is 4. The number of piperidine rings is 1. The van der Waals surface area contributed by atoms with Gasteiger partial charge in [0.25, 0.3) is 0 Å². The van der Waals surface area contributed by atoms with Gasteiger partial charge in [-0.15, -0.1) is 0 Å². The lowest BCUT2D eigenvalue weighted by Gasteiger charge is -2.31. The number of pyridine rings is 1. The maximum Gasteiger partial charge on any atom is 0.243 e. The first-order valence-electron chi connectivity index (χ1n) is 8.35. The minimum absolute atomic E-state index is 0.179. The van der Waals surface area contributed by atoms with E-state index in [2.05, 4.69) is 26.2 Å². The van der Waals surface area contributed by atoms with Gasteiger partial charge >= 0.3 is 0 Å². The van der Waals surface area contributed by atoms with Crippen LogP contribution in [-0.2, 0) is 14.8 Å². The second-order valence-electron chi connectivity index (χ2n) is 6.37. The molecule has 1 aromatic carbocycles. The maximum atomic E-state index is 12.8. The number of amides is 1. The second kappa shape index (κ2) is 7.85. The van der Waals surface area contributed by atoms with Crippen LogP contribution in [0.1, 0.15) is 18.4 Å². The van der Waals surface area contributed by atoms with E-state index in [-0.39, 0.29) is 17.3 Å². The number of halogens is 1. The van der Waals surface area contributed by atoms with Gasteiger partial charge in [-0.1, -0.05) is 17.7 Å². The van der Waals surface area contributed by atoms with Crippen molar-refractivity contribution >= 4 is 37.7 Å². The summed E-state index contributed by atoms with van der Waals surface area (Å²) in [6.45, 7) is 2.52. The van der Waals surface area contributed by atoms with Crippen LogP contribution in [0.3, 0.4) is 0 Å². The van der Waals surface area contributed by atoms with E-state index in [4.69, 9.17) is 0 Å². The average Bonchev–Trinajstić information content (AvgIpc) is 2.64.